The second-order valence-corrected chi connectivity index (χ2v) is 13.5. The SMILES string of the molecule is CCCCC(CC)CO[Si](C)(C)O[Si](C)(C)OCCC. The van der Waals surface area contributed by atoms with E-state index in [-0.39, 0.29) is 0 Å². The highest BCUT2D eigenvalue weighted by molar-refractivity contribution is 6.78. The van der Waals surface area contributed by atoms with E-state index in [0.29, 0.717) is 5.92 Å². The summed E-state index contributed by atoms with van der Waals surface area (Å²) in [5, 5.41) is 0. The van der Waals surface area contributed by atoms with E-state index in [1.807, 2.05) is 0 Å². The predicted molar refractivity (Wildman–Crippen MR) is 91.6 cm³/mol. The van der Waals surface area contributed by atoms with Crippen molar-refractivity contribution in [3.8, 4) is 0 Å². The van der Waals surface area contributed by atoms with E-state index >= 15 is 0 Å². The smallest absolute Gasteiger partial charge is 0.322 e. The van der Waals surface area contributed by atoms with Gasteiger partial charge in [0.25, 0.3) is 0 Å². The van der Waals surface area contributed by atoms with Gasteiger partial charge in [0.05, 0.1) is 0 Å². The van der Waals surface area contributed by atoms with Crippen molar-refractivity contribution in [2.45, 2.75) is 79.1 Å². The van der Waals surface area contributed by atoms with Gasteiger partial charge in [0.1, 0.15) is 0 Å². The Kier molecular flexibility index (Phi) is 10.3. The van der Waals surface area contributed by atoms with Gasteiger partial charge in [0.15, 0.2) is 0 Å². The average Bonchev–Trinajstić information content (AvgIpc) is 2.35. The van der Waals surface area contributed by atoms with E-state index in [0.717, 1.165) is 19.6 Å². The van der Waals surface area contributed by atoms with Crippen molar-refractivity contribution in [2.75, 3.05) is 13.2 Å². The van der Waals surface area contributed by atoms with E-state index in [1.165, 1.54) is 25.7 Å². The molecule has 3 nitrogen and oxygen atoms in total. The number of hydrogen-bond acceptors (Lipinski definition) is 3. The molecule has 0 bridgehead atoms. The maximum absolute atomic E-state index is 6.26. The van der Waals surface area contributed by atoms with Gasteiger partial charge in [0, 0.05) is 13.2 Å². The van der Waals surface area contributed by atoms with Crippen LogP contribution in [0.5, 0.6) is 0 Å². The molecule has 0 heterocycles. The summed E-state index contributed by atoms with van der Waals surface area (Å²) in [6.45, 7) is 16.8. The Labute approximate surface area is 128 Å². The third kappa shape index (κ3) is 10.1. The maximum atomic E-state index is 6.26. The van der Waals surface area contributed by atoms with Crippen molar-refractivity contribution in [1.82, 2.24) is 0 Å². The van der Waals surface area contributed by atoms with Crippen LogP contribution >= 0.6 is 0 Å². The lowest BCUT2D eigenvalue weighted by molar-refractivity contribution is 0.166. The fraction of sp³-hybridized carbons (Fsp3) is 1.00. The summed E-state index contributed by atoms with van der Waals surface area (Å²) >= 11 is 0. The summed E-state index contributed by atoms with van der Waals surface area (Å²) in [5.41, 5.74) is 0. The lowest BCUT2D eigenvalue weighted by atomic mass is 10.0. The zero-order valence-corrected chi connectivity index (χ0v) is 16.8. The summed E-state index contributed by atoms with van der Waals surface area (Å²) < 4.78 is 18.3. The van der Waals surface area contributed by atoms with Crippen molar-refractivity contribution in [3.63, 3.8) is 0 Å². The van der Waals surface area contributed by atoms with Crippen molar-refractivity contribution < 1.29 is 13.0 Å². The Morgan fingerprint density at radius 1 is 0.850 bits per heavy atom. The third-order valence-electron chi connectivity index (χ3n) is 3.36. The molecule has 0 aliphatic rings. The Morgan fingerprint density at radius 3 is 1.95 bits per heavy atom. The molecule has 0 saturated carbocycles. The Bertz CT molecular complexity index is 245. The molecule has 0 rings (SSSR count). The molecule has 20 heavy (non-hydrogen) atoms. The van der Waals surface area contributed by atoms with Crippen molar-refractivity contribution in [2.24, 2.45) is 5.92 Å². The van der Waals surface area contributed by atoms with Crippen LogP contribution in [0.4, 0.5) is 0 Å². The molecule has 0 fully saturated rings. The van der Waals surface area contributed by atoms with Crippen LogP contribution in [0.1, 0.15) is 52.9 Å². The normalized spacial score (nSPS) is 14.6. The van der Waals surface area contributed by atoms with E-state index in [4.69, 9.17) is 13.0 Å². The summed E-state index contributed by atoms with van der Waals surface area (Å²) in [6, 6.07) is 0. The summed E-state index contributed by atoms with van der Waals surface area (Å²) in [4.78, 5) is 0. The number of unbranched alkanes of at least 4 members (excludes halogenated alkanes) is 1. The van der Waals surface area contributed by atoms with Crippen LogP contribution in [0.3, 0.4) is 0 Å². The first-order valence-corrected chi connectivity index (χ1v) is 13.9. The Hall–Kier alpha value is 0.314. The van der Waals surface area contributed by atoms with Crippen molar-refractivity contribution >= 4 is 17.1 Å². The maximum Gasteiger partial charge on any atom is 0.322 e. The van der Waals surface area contributed by atoms with Crippen LogP contribution in [0.25, 0.3) is 0 Å². The molecule has 122 valence electrons. The Morgan fingerprint density at radius 2 is 1.45 bits per heavy atom. The molecule has 0 radical (unpaired) electrons. The molecule has 1 unspecified atom stereocenters. The van der Waals surface area contributed by atoms with Gasteiger partial charge in [-0.3, -0.25) is 0 Å². The number of rotatable bonds is 12. The molecule has 0 aliphatic carbocycles. The van der Waals surface area contributed by atoms with Gasteiger partial charge in [-0.05, 0) is 44.9 Å². The quantitative estimate of drug-likeness (QED) is 0.470. The van der Waals surface area contributed by atoms with Gasteiger partial charge in [-0.25, -0.2) is 0 Å². The molecule has 5 heteroatoms. The Balaban J connectivity index is 4.21. The first-order chi connectivity index (χ1) is 9.26. The van der Waals surface area contributed by atoms with Crippen molar-refractivity contribution in [3.05, 3.63) is 0 Å². The first kappa shape index (κ1) is 20.3. The molecule has 0 aromatic heterocycles. The van der Waals surface area contributed by atoms with Crippen LogP contribution in [-0.2, 0) is 13.0 Å². The zero-order chi connectivity index (χ0) is 15.6. The molecular formula is C15H36O3Si2. The molecule has 0 spiro atoms. The van der Waals surface area contributed by atoms with Crippen molar-refractivity contribution in [1.29, 1.82) is 0 Å². The molecule has 0 aromatic carbocycles. The summed E-state index contributed by atoms with van der Waals surface area (Å²) in [7, 11) is -4.10. The lowest BCUT2D eigenvalue weighted by Gasteiger charge is -2.33. The molecular weight excluding hydrogens is 284 g/mol. The van der Waals surface area contributed by atoms with E-state index in [9.17, 15) is 0 Å². The standard InChI is InChI=1S/C15H36O3Si2/c1-8-11-12-15(10-3)14-17-20(6,7)18-19(4,5)16-13-9-2/h15H,8-14H2,1-7H3. The summed E-state index contributed by atoms with van der Waals surface area (Å²) in [5.74, 6) is 0.673. The van der Waals surface area contributed by atoms with E-state index in [1.54, 1.807) is 0 Å². The predicted octanol–water partition coefficient (Wildman–Crippen LogP) is 5.07. The third-order valence-corrected chi connectivity index (χ3v) is 9.05. The minimum absolute atomic E-state index is 0.673. The van der Waals surface area contributed by atoms with Crippen LogP contribution in [0.2, 0.25) is 26.2 Å². The van der Waals surface area contributed by atoms with Crippen LogP contribution in [-0.4, -0.2) is 30.3 Å². The monoisotopic (exact) mass is 320 g/mol. The zero-order valence-electron chi connectivity index (χ0n) is 14.8. The minimum atomic E-state index is -2.07. The minimum Gasteiger partial charge on any atom is -0.415 e. The second-order valence-electron chi connectivity index (χ2n) is 6.48. The molecule has 0 amide bonds. The molecule has 0 aliphatic heterocycles. The van der Waals surface area contributed by atoms with Gasteiger partial charge in [-0.1, -0.05) is 40.0 Å². The van der Waals surface area contributed by atoms with E-state index < -0.39 is 17.1 Å². The van der Waals surface area contributed by atoms with E-state index in [2.05, 4.69) is 47.0 Å². The highest BCUT2D eigenvalue weighted by Crippen LogP contribution is 2.20. The fourth-order valence-corrected chi connectivity index (χ4v) is 8.75. The largest absolute Gasteiger partial charge is 0.415 e. The molecule has 0 saturated heterocycles. The van der Waals surface area contributed by atoms with Gasteiger partial charge >= 0.3 is 17.1 Å². The van der Waals surface area contributed by atoms with Crippen LogP contribution in [0.15, 0.2) is 0 Å². The lowest BCUT2D eigenvalue weighted by Crippen LogP contribution is -2.49. The topological polar surface area (TPSA) is 27.7 Å². The highest BCUT2D eigenvalue weighted by Gasteiger charge is 2.36. The molecule has 1 atom stereocenters. The molecule has 0 aromatic rings. The van der Waals surface area contributed by atoms with Gasteiger partial charge < -0.3 is 13.0 Å². The van der Waals surface area contributed by atoms with Crippen LogP contribution < -0.4 is 0 Å². The molecule has 0 N–H and O–H groups in total. The highest BCUT2D eigenvalue weighted by atomic mass is 28.5. The van der Waals surface area contributed by atoms with Crippen LogP contribution in [0, 0.1) is 5.92 Å². The van der Waals surface area contributed by atoms with Gasteiger partial charge in [0.2, 0.25) is 0 Å². The average molecular weight is 321 g/mol. The fourth-order valence-electron chi connectivity index (χ4n) is 2.22. The second kappa shape index (κ2) is 10.1. The summed E-state index contributed by atoms with van der Waals surface area (Å²) in [6.07, 6.45) is 6.06. The van der Waals surface area contributed by atoms with Gasteiger partial charge in [-0.15, -0.1) is 0 Å². The first-order valence-electron chi connectivity index (χ1n) is 8.24. The number of hydrogen-bond donors (Lipinski definition) is 0. The van der Waals surface area contributed by atoms with Gasteiger partial charge in [-0.2, -0.15) is 0 Å².